The molecule has 1 atom stereocenters. The molecular formula is C19H29ClN6. The van der Waals surface area contributed by atoms with Crippen LogP contribution in [0.3, 0.4) is 0 Å². The van der Waals surface area contributed by atoms with E-state index in [-0.39, 0.29) is 0 Å². The molecule has 7 heteroatoms. The minimum Gasteiger partial charge on any atom is -0.366 e. The third-order valence-corrected chi connectivity index (χ3v) is 5.67. The van der Waals surface area contributed by atoms with Gasteiger partial charge in [0, 0.05) is 30.2 Å². The predicted molar refractivity (Wildman–Crippen MR) is 108 cm³/mol. The van der Waals surface area contributed by atoms with Crippen LogP contribution in [0.2, 0.25) is 5.02 Å². The Labute approximate surface area is 160 Å². The number of piperidine rings is 1. The molecule has 2 heterocycles. The summed E-state index contributed by atoms with van der Waals surface area (Å²) in [5.41, 5.74) is 6.98. The lowest BCUT2D eigenvalue weighted by atomic mass is 9.96. The first kappa shape index (κ1) is 19.0. The van der Waals surface area contributed by atoms with Crippen molar-refractivity contribution in [2.45, 2.75) is 51.6 Å². The number of H-pyrrole nitrogens is 1. The molecule has 1 aromatic carbocycles. The number of anilines is 2. The molecule has 1 aliphatic rings. The Kier molecular flexibility index (Phi) is 6.38. The first-order valence-corrected chi connectivity index (χ1v) is 9.91. The number of nitrogens with zero attached hydrogens (tertiary/aromatic N) is 4. The van der Waals surface area contributed by atoms with Crippen molar-refractivity contribution in [2.24, 2.45) is 0 Å². The standard InChI is InChI=1S/C19H29ClN6/c1-3-16(13-14-5-7-15(20)8-6-14)26(4-2)17-9-11-25(12-10-17)19-22-18(21)23-24-19/h5-8,16-17H,3-4,9-13H2,1-2H3,(H3,21,22,23,24)/t16-/m0/s1. The highest BCUT2D eigenvalue weighted by Gasteiger charge is 2.29. The van der Waals surface area contributed by atoms with Crippen molar-refractivity contribution in [2.75, 3.05) is 30.3 Å². The Hall–Kier alpha value is -1.79. The molecule has 0 aliphatic carbocycles. The average molecular weight is 377 g/mol. The smallest absolute Gasteiger partial charge is 0.241 e. The van der Waals surface area contributed by atoms with E-state index in [0.717, 1.165) is 56.3 Å². The summed E-state index contributed by atoms with van der Waals surface area (Å²) in [5, 5.41) is 7.66. The summed E-state index contributed by atoms with van der Waals surface area (Å²) >= 11 is 6.02. The number of hydrogen-bond donors (Lipinski definition) is 2. The van der Waals surface area contributed by atoms with E-state index in [4.69, 9.17) is 17.3 Å². The van der Waals surface area contributed by atoms with Crippen LogP contribution in [0.15, 0.2) is 24.3 Å². The van der Waals surface area contributed by atoms with Crippen molar-refractivity contribution < 1.29 is 0 Å². The van der Waals surface area contributed by atoms with Crippen LogP contribution in [-0.4, -0.2) is 51.8 Å². The lowest BCUT2D eigenvalue weighted by Crippen LogP contribution is -2.49. The Morgan fingerprint density at radius 3 is 2.50 bits per heavy atom. The SMILES string of the molecule is CC[C@@H](Cc1ccc(Cl)cc1)N(CC)C1CCN(c2nc(N)n[nH]2)CC1. The van der Waals surface area contributed by atoms with Crippen molar-refractivity contribution >= 4 is 23.5 Å². The Balaban J connectivity index is 1.61. The minimum atomic E-state index is 0.311. The number of halogens is 1. The van der Waals surface area contributed by atoms with E-state index in [1.807, 2.05) is 12.1 Å². The molecule has 0 saturated carbocycles. The molecule has 1 fully saturated rings. The van der Waals surface area contributed by atoms with Crippen molar-refractivity contribution in [3.8, 4) is 0 Å². The fraction of sp³-hybridized carbons (Fsp3) is 0.579. The fourth-order valence-electron chi connectivity index (χ4n) is 4.02. The molecule has 0 radical (unpaired) electrons. The summed E-state index contributed by atoms with van der Waals surface area (Å²) in [7, 11) is 0. The highest BCUT2D eigenvalue weighted by molar-refractivity contribution is 6.30. The Morgan fingerprint density at radius 1 is 1.27 bits per heavy atom. The van der Waals surface area contributed by atoms with E-state index in [2.05, 4.69) is 51.0 Å². The van der Waals surface area contributed by atoms with Gasteiger partial charge in [0.2, 0.25) is 11.9 Å². The van der Waals surface area contributed by atoms with Crippen LogP contribution in [0.1, 0.15) is 38.7 Å². The second-order valence-corrected chi connectivity index (χ2v) is 7.39. The van der Waals surface area contributed by atoms with Crippen LogP contribution in [0.5, 0.6) is 0 Å². The highest BCUT2D eigenvalue weighted by Crippen LogP contribution is 2.24. The maximum absolute atomic E-state index is 6.02. The van der Waals surface area contributed by atoms with Gasteiger partial charge in [0.05, 0.1) is 0 Å². The van der Waals surface area contributed by atoms with Gasteiger partial charge in [0.15, 0.2) is 0 Å². The van der Waals surface area contributed by atoms with Crippen LogP contribution >= 0.6 is 11.6 Å². The molecule has 0 bridgehead atoms. The molecule has 3 N–H and O–H groups in total. The minimum absolute atomic E-state index is 0.311. The Bertz CT molecular complexity index is 678. The van der Waals surface area contributed by atoms with Crippen LogP contribution in [0, 0.1) is 0 Å². The number of hydrogen-bond acceptors (Lipinski definition) is 5. The van der Waals surface area contributed by atoms with E-state index < -0.39 is 0 Å². The average Bonchev–Trinajstić information content (AvgIpc) is 3.10. The van der Waals surface area contributed by atoms with E-state index in [1.165, 1.54) is 5.56 Å². The van der Waals surface area contributed by atoms with Crippen molar-refractivity contribution in [1.82, 2.24) is 20.1 Å². The molecule has 1 saturated heterocycles. The second kappa shape index (κ2) is 8.73. The molecule has 6 nitrogen and oxygen atoms in total. The molecule has 3 rings (SSSR count). The molecule has 26 heavy (non-hydrogen) atoms. The number of aromatic nitrogens is 3. The lowest BCUT2D eigenvalue weighted by molar-refractivity contribution is 0.116. The summed E-state index contributed by atoms with van der Waals surface area (Å²) in [6, 6.07) is 9.43. The van der Waals surface area contributed by atoms with Gasteiger partial charge in [-0.3, -0.25) is 4.90 Å². The van der Waals surface area contributed by atoms with Crippen molar-refractivity contribution in [3.63, 3.8) is 0 Å². The van der Waals surface area contributed by atoms with Gasteiger partial charge >= 0.3 is 0 Å². The van der Waals surface area contributed by atoms with E-state index >= 15 is 0 Å². The number of benzene rings is 1. The van der Waals surface area contributed by atoms with Crippen LogP contribution < -0.4 is 10.6 Å². The monoisotopic (exact) mass is 376 g/mol. The summed E-state index contributed by atoms with van der Waals surface area (Å²) in [6.45, 7) is 7.59. The fourth-order valence-corrected chi connectivity index (χ4v) is 4.15. The number of nitrogens with two attached hydrogens (primary N) is 1. The topological polar surface area (TPSA) is 74.1 Å². The molecule has 142 valence electrons. The third-order valence-electron chi connectivity index (χ3n) is 5.41. The van der Waals surface area contributed by atoms with Gasteiger partial charge in [0.1, 0.15) is 0 Å². The summed E-state index contributed by atoms with van der Waals surface area (Å²) in [5.74, 6) is 1.10. The molecule has 0 spiro atoms. The largest absolute Gasteiger partial charge is 0.366 e. The van der Waals surface area contributed by atoms with E-state index in [9.17, 15) is 0 Å². The van der Waals surface area contributed by atoms with Crippen molar-refractivity contribution in [1.29, 1.82) is 0 Å². The molecule has 2 aromatic rings. The van der Waals surface area contributed by atoms with Gasteiger partial charge in [-0.2, -0.15) is 4.98 Å². The van der Waals surface area contributed by atoms with Crippen LogP contribution in [0.25, 0.3) is 0 Å². The number of rotatable bonds is 7. The summed E-state index contributed by atoms with van der Waals surface area (Å²) in [4.78, 5) is 9.18. The van der Waals surface area contributed by atoms with Crippen LogP contribution in [0.4, 0.5) is 11.9 Å². The first-order chi connectivity index (χ1) is 12.6. The summed E-state index contributed by atoms with van der Waals surface area (Å²) in [6.07, 6.45) is 4.48. The molecule has 0 unspecified atom stereocenters. The number of nitrogens with one attached hydrogen (secondary N) is 1. The van der Waals surface area contributed by atoms with E-state index in [1.54, 1.807) is 0 Å². The maximum Gasteiger partial charge on any atom is 0.241 e. The lowest BCUT2D eigenvalue weighted by Gasteiger charge is -2.42. The van der Waals surface area contributed by atoms with Gasteiger partial charge in [-0.15, -0.1) is 5.10 Å². The summed E-state index contributed by atoms with van der Waals surface area (Å²) < 4.78 is 0. The maximum atomic E-state index is 6.02. The van der Waals surface area contributed by atoms with Crippen LogP contribution in [-0.2, 0) is 6.42 Å². The molecule has 1 aromatic heterocycles. The Morgan fingerprint density at radius 2 is 1.96 bits per heavy atom. The number of aromatic amines is 1. The van der Waals surface area contributed by atoms with Gasteiger partial charge in [-0.25, -0.2) is 5.10 Å². The van der Waals surface area contributed by atoms with Gasteiger partial charge in [-0.1, -0.05) is 37.6 Å². The van der Waals surface area contributed by atoms with E-state index in [0.29, 0.717) is 18.0 Å². The predicted octanol–water partition coefficient (Wildman–Crippen LogP) is 3.35. The van der Waals surface area contributed by atoms with Gasteiger partial charge in [0.25, 0.3) is 0 Å². The van der Waals surface area contributed by atoms with Gasteiger partial charge < -0.3 is 10.6 Å². The zero-order valence-corrected chi connectivity index (χ0v) is 16.4. The highest BCUT2D eigenvalue weighted by atomic mass is 35.5. The normalized spacial score (nSPS) is 17.0. The molecule has 0 amide bonds. The zero-order chi connectivity index (χ0) is 18.5. The number of nitrogen functional groups attached to an aromatic ring is 1. The molecular weight excluding hydrogens is 348 g/mol. The van der Waals surface area contributed by atoms with Crippen molar-refractivity contribution in [3.05, 3.63) is 34.9 Å². The zero-order valence-electron chi connectivity index (χ0n) is 15.7. The quantitative estimate of drug-likeness (QED) is 0.775. The third kappa shape index (κ3) is 4.48. The second-order valence-electron chi connectivity index (χ2n) is 6.96. The number of likely N-dealkylation sites (N-methyl/N-ethyl adjacent to an activating group) is 1. The molecule has 1 aliphatic heterocycles. The van der Waals surface area contributed by atoms with Gasteiger partial charge in [-0.05, 0) is 49.9 Å². The first-order valence-electron chi connectivity index (χ1n) is 9.53.